The summed E-state index contributed by atoms with van der Waals surface area (Å²) in [6.07, 6.45) is 4.02. The van der Waals surface area contributed by atoms with Crippen molar-refractivity contribution in [3.8, 4) is 0 Å². The molecule has 1 aromatic carbocycles. The van der Waals surface area contributed by atoms with Crippen LogP contribution in [-0.2, 0) is 6.42 Å². The minimum atomic E-state index is 0.362. The number of hydrogen-bond donors (Lipinski definition) is 1. The quantitative estimate of drug-likeness (QED) is 0.898. The van der Waals surface area contributed by atoms with Gasteiger partial charge in [-0.15, -0.1) is 0 Å². The summed E-state index contributed by atoms with van der Waals surface area (Å²) in [5, 5.41) is 3.59. The highest BCUT2D eigenvalue weighted by Gasteiger charge is 2.49. The smallest absolute Gasteiger partial charge is 0.0197 e. The molecule has 4 rings (SSSR count). The SMILES string of the molecule is CC1(C)C2CNCC2CN1CC1CCCc2ccccc21. The van der Waals surface area contributed by atoms with Crippen LogP contribution in [0.5, 0.6) is 0 Å². The van der Waals surface area contributed by atoms with Crippen molar-refractivity contribution in [3.05, 3.63) is 35.4 Å². The Morgan fingerprint density at radius 3 is 2.95 bits per heavy atom. The number of nitrogens with zero attached hydrogens (tertiary/aromatic N) is 1. The first-order valence-corrected chi connectivity index (χ1v) is 8.70. The molecule has 2 saturated heterocycles. The molecule has 2 heterocycles. The van der Waals surface area contributed by atoms with E-state index < -0.39 is 0 Å². The molecule has 0 bridgehead atoms. The molecule has 2 heteroatoms. The van der Waals surface area contributed by atoms with E-state index in [4.69, 9.17) is 0 Å². The van der Waals surface area contributed by atoms with Crippen LogP contribution in [0.3, 0.4) is 0 Å². The predicted molar refractivity (Wildman–Crippen MR) is 87.6 cm³/mol. The molecule has 1 aromatic rings. The lowest BCUT2D eigenvalue weighted by Gasteiger charge is -2.39. The van der Waals surface area contributed by atoms with Crippen LogP contribution in [0.1, 0.15) is 43.7 Å². The van der Waals surface area contributed by atoms with Gasteiger partial charge >= 0.3 is 0 Å². The van der Waals surface area contributed by atoms with Gasteiger partial charge < -0.3 is 5.32 Å². The zero-order valence-corrected chi connectivity index (χ0v) is 13.4. The molecule has 2 fully saturated rings. The maximum absolute atomic E-state index is 3.59. The molecule has 0 amide bonds. The van der Waals surface area contributed by atoms with E-state index in [9.17, 15) is 0 Å². The zero-order valence-electron chi connectivity index (χ0n) is 13.4. The van der Waals surface area contributed by atoms with Gasteiger partial charge in [0.2, 0.25) is 0 Å². The molecular formula is C19H28N2. The second-order valence-corrected chi connectivity index (χ2v) is 7.87. The van der Waals surface area contributed by atoms with Crippen LogP contribution >= 0.6 is 0 Å². The highest BCUT2D eigenvalue weighted by atomic mass is 15.2. The number of hydrogen-bond acceptors (Lipinski definition) is 2. The molecular weight excluding hydrogens is 256 g/mol. The van der Waals surface area contributed by atoms with E-state index in [-0.39, 0.29) is 0 Å². The third-order valence-electron chi connectivity index (χ3n) is 6.45. The fraction of sp³-hybridized carbons (Fsp3) is 0.684. The Labute approximate surface area is 128 Å². The van der Waals surface area contributed by atoms with E-state index >= 15 is 0 Å². The predicted octanol–water partition coefficient (Wildman–Crippen LogP) is 3.04. The number of likely N-dealkylation sites (tertiary alicyclic amines) is 1. The van der Waals surface area contributed by atoms with Crippen molar-refractivity contribution in [2.75, 3.05) is 26.2 Å². The number of benzene rings is 1. The minimum Gasteiger partial charge on any atom is -0.316 e. The van der Waals surface area contributed by atoms with Gasteiger partial charge in [-0.2, -0.15) is 0 Å². The molecule has 2 nitrogen and oxygen atoms in total. The standard InChI is InChI=1S/C19H28N2/c1-19(2)18-11-20-10-16(18)13-21(19)12-15-8-5-7-14-6-3-4-9-17(14)15/h3-4,6,9,15-16,18,20H,5,7-8,10-13H2,1-2H3. The van der Waals surface area contributed by atoms with Crippen LogP contribution in [0, 0.1) is 11.8 Å². The number of rotatable bonds is 2. The van der Waals surface area contributed by atoms with Gasteiger partial charge in [-0.1, -0.05) is 24.3 Å². The highest BCUT2D eigenvalue weighted by molar-refractivity contribution is 5.33. The molecule has 2 aliphatic heterocycles. The zero-order chi connectivity index (χ0) is 14.4. The molecule has 0 saturated carbocycles. The van der Waals surface area contributed by atoms with Crippen LogP contribution in [0.25, 0.3) is 0 Å². The minimum absolute atomic E-state index is 0.362. The number of fused-ring (bicyclic) bond motifs is 2. The normalized spacial score (nSPS) is 34.7. The van der Waals surface area contributed by atoms with Crippen molar-refractivity contribution in [2.24, 2.45) is 11.8 Å². The third-order valence-corrected chi connectivity index (χ3v) is 6.45. The Kier molecular flexibility index (Phi) is 3.35. The summed E-state index contributed by atoms with van der Waals surface area (Å²) in [6.45, 7) is 9.94. The first kappa shape index (κ1) is 13.8. The average Bonchev–Trinajstić information content (AvgIpc) is 3.03. The second-order valence-electron chi connectivity index (χ2n) is 7.87. The number of nitrogens with one attached hydrogen (secondary N) is 1. The fourth-order valence-corrected chi connectivity index (χ4v) is 5.12. The van der Waals surface area contributed by atoms with E-state index in [1.165, 1.54) is 45.4 Å². The van der Waals surface area contributed by atoms with Gasteiger partial charge in [0, 0.05) is 25.2 Å². The van der Waals surface area contributed by atoms with Crippen molar-refractivity contribution in [1.82, 2.24) is 10.2 Å². The summed E-state index contributed by atoms with van der Waals surface area (Å²) >= 11 is 0. The molecule has 3 aliphatic rings. The summed E-state index contributed by atoms with van der Waals surface area (Å²) < 4.78 is 0. The largest absolute Gasteiger partial charge is 0.316 e. The van der Waals surface area contributed by atoms with Gasteiger partial charge in [0.05, 0.1) is 0 Å². The van der Waals surface area contributed by atoms with Crippen LogP contribution in [0.2, 0.25) is 0 Å². The molecule has 0 spiro atoms. The molecule has 0 aromatic heterocycles. The Morgan fingerprint density at radius 2 is 2.10 bits per heavy atom. The topological polar surface area (TPSA) is 15.3 Å². The van der Waals surface area contributed by atoms with Gasteiger partial charge in [-0.05, 0) is 68.5 Å². The maximum atomic E-state index is 3.59. The first-order valence-electron chi connectivity index (χ1n) is 8.70. The van der Waals surface area contributed by atoms with Gasteiger partial charge in [0.25, 0.3) is 0 Å². The Hall–Kier alpha value is -0.860. The van der Waals surface area contributed by atoms with Crippen LogP contribution < -0.4 is 5.32 Å². The van der Waals surface area contributed by atoms with Crippen LogP contribution in [-0.4, -0.2) is 36.6 Å². The van der Waals surface area contributed by atoms with Gasteiger partial charge in [0.15, 0.2) is 0 Å². The van der Waals surface area contributed by atoms with Crippen molar-refractivity contribution >= 4 is 0 Å². The van der Waals surface area contributed by atoms with Crippen LogP contribution in [0.4, 0.5) is 0 Å². The Balaban J connectivity index is 1.55. The monoisotopic (exact) mass is 284 g/mol. The van der Waals surface area contributed by atoms with Gasteiger partial charge in [-0.3, -0.25) is 4.90 Å². The van der Waals surface area contributed by atoms with E-state index in [0.29, 0.717) is 5.54 Å². The van der Waals surface area contributed by atoms with Gasteiger partial charge in [-0.25, -0.2) is 0 Å². The Morgan fingerprint density at radius 1 is 1.24 bits per heavy atom. The fourth-order valence-electron chi connectivity index (χ4n) is 5.12. The van der Waals surface area contributed by atoms with Crippen molar-refractivity contribution in [3.63, 3.8) is 0 Å². The van der Waals surface area contributed by atoms with Gasteiger partial charge in [0.1, 0.15) is 0 Å². The van der Waals surface area contributed by atoms with E-state index in [2.05, 4.69) is 48.3 Å². The molecule has 21 heavy (non-hydrogen) atoms. The maximum Gasteiger partial charge on any atom is 0.0197 e. The molecule has 1 N–H and O–H groups in total. The molecule has 3 atom stereocenters. The molecule has 114 valence electrons. The second kappa shape index (κ2) is 5.10. The summed E-state index contributed by atoms with van der Waals surface area (Å²) in [6, 6.07) is 9.15. The van der Waals surface area contributed by atoms with Crippen LogP contribution in [0.15, 0.2) is 24.3 Å². The number of aryl methyl sites for hydroxylation is 1. The lowest BCUT2D eigenvalue weighted by atomic mass is 9.81. The van der Waals surface area contributed by atoms with E-state index in [1.807, 2.05) is 0 Å². The average molecular weight is 284 g/mol. The van der Waals surface area contributed by atoms with Crippen molar-refractivity contribution in [1.29, 1.82) is 0 Å². The van der Waals surface area contributed by atoms with E-state index in [0.717, 1.165) is 17.8 Å². The van der Waals surface area contributed by atoms with E-state index in [1.54, 1.807) is 11.1 Å². The third kappa shape index (κ3) is 2.24. The molecule has 3 unspecified atom stereocenters. The van der Waals surface area contributed by atoms with Crippen molar-refractivity contribution in [2.45, 2.75) is 44.6 Å². The Bertz CT molecular complexity index is 522. The lowest BCUT2D eigenvalue weighted by Crippen LogP contribution is -2.46. The highest BCUT2D eigenvalue weighted by Crippen LogP contribution is 2.43. The van der Waals surface area contributed by atoms with Crippen molar-refractivity contribution < 1.29 is 0 Å². The summed E-state index contributed by atoms with van der Waals surface area (Å²) in [7, 11) is 0. The summed E-state index contributed by atoms with van der Waals surface area (Å²) in [4.78, 5) is 2.80. The summed E-state index contributed by atoms with van der Waals surface area (Å²) in [5.41, 5.74) is 3.60. The first-order chi connectivity index (χ1) is 10.2. The molecule has 1 aliphatic carbocycles. The molecule has 0 radical (unpaired) electrons. The summed E-state index contributed by atoms with van der Waals surface area (Å²) in [5.74, 6) is 2.47. The lowest BCUT2D eigenvalue weighted by molar-refractivity contribution is 0.128.